The minimum atomic E-state index is 0.0341. The van der Waals surface area contributed by atoms with E-state index in [-0.39, 0.29) is 12.6 Å². The molecule has 0 radical (unpaired) electrons. The van der Waals surface area contributed by atoms with Crippen molar-refractivity contribution in [2.75, 3.05) is 11.9 Å². The number of fused-ring (bicyclic) bond motifs is 1. The van der Waals surface area contributed by atoms with Gasteiger partial charge in [-0.25, -0.2) is 4.68 Å². The number of aryl methyl sites for hydroxylation is 1. The van der Waals surface area contributed by atoms with Gasteiger partial charge in [0.05, 0.1) is 0 Å². The van der Waals surface area contributed by atoms with Gasteiger partial charge in [-0.05, 0) is 29.5 Å². The normalized spacial score (nSPS) is 16.4. The van der Waals surface area contributed by atoms with Crippen LogP contribution < -0.4 is 5.32 Å². The molecule has 2 aromatic heterocycles. The summed E-state index contributed by atoms with van der Waals surface area (Å²) in [6, 6.07) is 14.5. The first-order valence-corrected chi connectivity index (χ1v) is 8.87. The summed E-state index contributed by atoms with van der Waals surface area (Å²) in [7, 11) is 0. The zero-order valence-electron chi connectivity index (χ0n) is 13.1. The molecule has 24 heavy (non-hydrogen) atoms. The highest BCUT2D eigenvalue weighted by atomic mass is 32.1. The maximum atomic E-state index is 9.04. The molecule has 1 aliphatic rings. The van der Waals surface area contributed by atoms with E-state index in [1.165, 1.54) is 4.88 Å². The first-order chi connectivity index (χ1) is 11.8. The number of aliphatic hydroxyl groups excluding tert-OH is 1. The van der Waals surface area contributed by atoms with E-state index in [2.05, 4.69) is 51.1 Å². The molecule has 3 aromatic rings. The highest BCUT2D eigenvalue weighted by Crippen LogP contribution is 2.34. The standard InChI is InChI=1S/C18H18N4OS/c23-10-4-9-17-20-18-19-14(13-6-2-1-3-7-13)12-15(22(18)21-17)16-8-5-11-24-16/h1-3,5-8,11-12,15,23H,4,9-10H2,(H,19,20,21)/t15-/m1/s1. The van der Waals surface area contributed by atoms with Crippen LogP contribution in [-0.4, -0.2) is 26.5 Å². The molecule has 0 bridgehead atoms. The maximum absolute atomic E-state index is 9.04. The van der Waals surface area contributed by atoms with Crippen molar-refractivity contribution in [3.05, 3.63) is 70.2 Å². The number of rotatable bonds is 5. The summed E-state index contributed by atoms with van der Waals surface area (Å²) in [5.41, 5.74) is 2.17. The van der Waals surface area contributed by atoms with Crippen molar-refractivity contribution < 1.29 is 5.11 Å². The molecule has 0 fully saturated rings. The Morgan fingerprint density at radius 1 is 1.17 bits per heavy atom. The van der Waals surface area contributed by atoms with Crippen LogP contribution in [0, 0.1) is 0 Å². The molecule has 0 unspecified atom stereocenters. The maximum Gasteiger partial charge on any atom is 0.226 e. The van der Waals surface area contributed by atoms with Gasteiger partial charge in [-0.1, -0.05) is 36.4 Å². The van der Waals surface area contributed by atoms with Gasteiger partial charge in [0.1, 0.15) is 6.04 Å². The Morgan fingerprint density at radius 3 is 2.79 bits per heavy atom. The van der Waals surface area contributed by atoms with Crippen LogP contribution in [0.25, 0.3) is 5.70 Å². The van der Waals surface area contributed by atoms with Gasteiger partial charge in [0.2, 0.25) is 5.95 Å². The quantitative estimate of drug-likeness (QED) is 0.749. The summed E-state index contributed by atoms with van der Waals surface area (Å²) in [4.78, 5) is 5.84. The lowest BCUT2D eigenvalue weighted by Crippen LogP contribution is -2.19. The zero-order valence-corrected chi connectivity index (χ0v) is 13.9. The third-order valence-electron chi connectivity index (χ3n) is 3.99. The van der Waals surface area contributed by atoms with Crippen molar-refractivity contribution in [2.45, 2.75) is 18.9 Å². The predicted octanol–water partition coefficient (Wildman–Crippen LogP) is 3.32. The number of allylic oxidation sites excluding steroid dienone is 1. The second-order valence-corrected chi connectivity index (χ2v) is 6.63. The lowest BCUT2D eigenvalue weighted by atomic mass is 10.1. The van der Waals surface area contributed by atoms with Gasteiger partial charge >= 0.3 is 0 Å². The molecular weight excluding hydrogens is 320 g/mol. The van der Waals surface area contributed by atoms with Crippen LogP contribution in [0.3, 0.4) is 0 Å². The Morgan fingerprint density at radius 2 is 2.04 bits per heavy atom. The van der Waals surface area contributed by atoms with Crippen molar-refractivity contribution in [1.82, 2.24) is 14.8 Å². The number of aliphatic hydroxyl groups is 1. The molecule has 1 aliphatic heterocycles. The van der Waals surface area contributed by atoms with Crippen molar-refractivity contribution >= 4 is 23.0 Å². The summed E-state index contributed by atoms with van der Waals surface area (Å²) in [5, 5.41) is 19.2. The monoisotopic (exact) mass is 338 g/mol. The largest absolute Gasteiger partial charge is 0.396 e. The first kappa shape index (κ1) is 15.1. The van der Waals surface area contributed by atoms with Crippen LogP contribution >= 0.6 is 11.3 Å². The van der Waals surface area contributed by atoms with E-state index < -0.39 is 0 Å². The van der Waals surface area contributed by atoms with Crippen LogP contribution in [0.2, 0.25) is 0 Å². The molecule has 122 valence electrons. The molecule has 0 saturated heterocycles. The molecule has 3 heterocycles. The minimum absolute atomic E-state index is 0.0341. The van der Waals surface area contributed by atoms with Crippen molar-refractivity contribution in [2.24, 2.45) is 0 Å². The van der Waals surface area contributed by atoms with E-state index in [9.17, 15) is 0 Å². The lowest BCUT2D eigenvalue weighted by molar-refractivity contribution is 0.287. The van der Waals surface area contributed by atoms with Crippen molar-refractivity contribution in [3.63, 3.8) is 0 Å². The molecular formula is C18H18N4OS. The van der Waals surface area contributed by atoms with Crippen molar-refractivity contribution in [1.29, 1.82) is 0 Å². The number of anilines is 1. The molecule has 1 aromatic carbocycles. The molecule has 0 aliphatic carbocycles. The molecule has 4 rings (SSSR count). The Balaban J connectivity index is 1.74. The summed E-state index contributed by atoms with van der Waals surface area (Å²) < 4.78 is 1.94. The zero-order chi connectivity index (χ0) is 16.4. The Hall–Kier alpha value is -2.44. The average Bonchev–Trinajstić information content (AvgIpc) is 3.29. The average molecular weight is 338 g/mol. The van der Waals surface area contributed by atoms with E-state index in [4.69, 9.17) is 5.11 Å². The third kappa shape index (κ3) is 2.86. The van der Waals surface area contributed by atoms with Crippen LogP contribution in [0.4, 0.5) is 5.95 Å². The fraction of sp³-hybridized carbons (Fsp3) is 0.222. The fourth-order valence-corrected chi connectivity index (χ4v) is 3.61. The number of hydrogen-bond donors (Lipinski definition) is 2. The molecule has 0 saturated carbocycles. The second kappa shape index (κ2) is 6.59. The van der Waals surface area contributed by atoms with Gasteiger partial charge in [-0.15, -0.1) is 11.3 Å². The minimum Gasteiger partial charge on any atom is -0.396 e. The number of nitrogens with zero attached hydrogens (tertiary/aromatic N) is 3. The van der Waals surface area contributed by atoms with E-state index in [1.807, 2.05) is 22.9 Å². The SMILES string of the molecule is OCCCc1nc2n(n1)[C@@H](c1cccs1)C=C(c1ccccc1)N2. The van der Waals surface area contributed by atoms with Gasteiger partial charge in [0.25, 0.3) is 0 Å². The van der Waals surface area contributed by atoms with E-state index >= 15 is 0 Å². The number of thiophene rings is 1. The first-order valence-electron chi connectivity index (χ1n) is 7.99. The summed E-state index contributed by atoms with van der Waals surface area (Å²) in [6.45, 7) is 0.152. The smallest absolute Gasteiger partial charge is 0.226 e. The van der Waals surface area contributed by atoms with E-state index in [0.29, 0.717) is 12.8 Å². The van der Waals surface area contributed by atoms with Gasteiger partial charge < -0.3 is 10.4 Å². The summed E-state index contributed by atoms with van der Waals surface area (Å²) in [6.07, 6.45) is 3.54. The molecule has 5 nitrogen and oxygen atoms in total. The molecule has 1 atom stereocenters. The number of hydrogen-bond acceptors (Lipinski definition) is 5. The van der Waals surface area contributed by atoms with Crippen molar-refractivity contribution in [3.8, 4) is 0 Å². The Bertz CT molecular complexity index is 839. The molecule has 0 amide bonds. The Kier molecular flexibility index (Phi) is 4.15. The van der Waals surface area contributed by atoms with Gasteiger partial charge in [-0.3, -0.25) is 0 Å². The Labute approximate surface area is 144 Å². The van der Waals surface area contributed by atoms with Crippen LogP contribution in [0.5, 0.6) is 0 Å². The van der Waals surface area contributed by atoms with Gasteiger partial charge in [0.15, 0.2) is 5.82 Å². The highest BCUT2D eigenvalue weighted by molar-refractivity contribution is 7.10. The lowest BCUT2D eigenvalue weighted by Gasteiger charge is -2.23. The number of nitrogens with one attached hydrogen (secondary N) is 1. The topological polar surface area (TPSA) is 63.0 Å². The molecule has 2 N–H and O–H groups in total. The number of benzene rings is 1. The van der Waals surface area contributed by atoms with Gasteiger partial charge in [-0.2, -0.15) is 10.1 Å². The summed E-state index contributed by atoms with van der Waals surface area (Å²) >= 11 is 1.72. The van der Waals surface area contributed by atoms with Crippen LogP contribution in [-0.2, 0) is 6.42 Å². The number of aromatic nitrogens is 3. The predicted molar refractivity (Wildman–Crippen MR) is 95.9 cm³/mol. The second-order valence-electron chi connectivity index (χ2n) is 5.65. The summed E-state index contributed by atoms with van der Waals surface area (Å²) in [5.74, 6) is 1.51. The molecule has 0 spiro atoms. The van der Waals surface area contributed by atoms with Crippen LogP contribution in [0.1, 0.15) is 28.7 Å². The van der Waals surface area contributed by atoms with E-state index in [1.54, 1.807) is 11.3 Å². The highest BCUT2D eigenvalue weighted by Gasteiger charge is 2.25. The van der Waals surface area contributed by atoms with E-state index in [0.717, 1.165) is 23.0 Å². The van der Waals surface area contributed by atoms with Crippen LogP contribution in [0.15, 0.2) is 53.9 Å². The third-order valence-corrected chi connectivity index (χ3v) is 4.93. The molecule has 6 heteroatoms. The van der Waals surface area contributed by atoms with Gasteiger partial charge in [0, 0.05) is 23.6 Å². The fourth-order valence-electron chi connectivity index (χ4n) is 2.83.